The number of hydrogen-bond acceptors (Lipinski definition) is 2. The minimum Gasteiger partial charge on any atom is -0.356 e. The van der Waals surface area contributed by atoms with Crippen molar-refractivity contribution in [1.29, 1.82) is 0 Å². The lowest BCUT2D eigenvalue weighted by molar-refractivity contribution is -0.123. The molecule has 108 valence electrons. The fourth-order valence-electron chi connectivity index (χ4n) is 3.61. The van der Waals surface area contributed by atoms with E-state index < -0.39 is 0 Å². The van der Waals surface area contributed by atoms with Crippen LogP contribution in [0.2, 0.25) is 0 Å². The van der Waals surface area contributed by atoms with Crippen LogP contribution >= 0.6 is 15.9 Å². The van der Waals surface area contributed by atoms with Gasteiger partial charge in [0.05, 0.1) is 0 Å². The van der Waals surface area contributed by atoms with Crippen molar-refractivity contribution in [3.63, 3.8) is 0 Å². The highest BCUT2D eigenvalue weighted by Gasteiger charge is 2.40. The third-order valence-corrected chi connectivity index (χ3v) is 5.00. The first-order valence-corrected chi connectivity index (χ1v) is 7.84. The van der Waals surface area contributed by atoms with E-state index >= 15 is 0 Å². The first-order valence-electron chi connectivity index (χ1n) is 7.05. The highest BCUT2D eigenvalue weighted by molar-refractivity contribution is 9.10. The normalized spacial score (nSPS) is 27.6. The van der Waals surface area contributed by atoms with E-state index in [1.54, 1.807) is 12.3 Å². The van der Waals surface area contributed by atoms with Crippen LogP contribution < -0.4 is 10.9 Å². The van der Waals surface area contributed by atoms with Crippen LogP contribution in [0.5, 0.6) is 0 Å². The van der Waals surface area contributed by atoms with Crippen LogP contribution in [0, 0.1) is 17.8 Å². The smallest absolute Gasteiger partial charge is 0.286 e. The van der Waals surface area contributed by atoms with Crippen LogP contribution in [0.4, 0.5) is 0 Å². The number of carbonyl (C=O) groups is 2. The highest BCUT2D eigenvalue weighted by Crippen LogP contribution is 2.49. The fourth-order valence-corrected chi connectivity index (χ4v) is 3.95. The summed E-state index contributed by atoms with van der Waals surface area (Å²) in [5, 5.41) is 0. The maximum absolute atomic E-state index is 11.9. The van der Waals surface area contributed by atoms with Crippen molar-refractivity contribution in [2.75, 3.05) is 0 Å². The number of hydrazine groups is 1. The zero-order chi connectivity index (χ0) is 14.1. The molecule has 2 aliphatic rings. The Morgan fingerprint density at radius 3 is 2.75 bits per heavy atom. The summed E-state index contributed by atoms with van der Waals surface area (Å²) in [5.41, 5.74) is 5.36. The summed E-state index contributed by atoms with van der Waals surface area (Å²) in [5.74, 6) is 1.63. The average Bonchev–Trinajstić information content (AvgIpc) is 3.12. The van der Waals surface area contributed by atoms with Gasteiger partial charge in [0.2, 0.25) is 5.91 Å². The summed E-state index contributed by atoms with van der Waals surface area (Å²) in [6.45, 7) is 0. The van der Waals surface area contributed by atoms with Gasteiger partial charge in [-0.25, -0.2) is 0 Å². The van der Waals surface area contributed by atoms with Crippen molar-refractivity contribution < 1.29 is 9.59 Å². The van der Waals surface area contributed by atoms with E-state index in [4.69, 9.17) is 0 Å². The predicted molar refractivity (Wildman–Crippen MR) is 77.7 cm³/mol. The van der Waals surface area contributed by atoms with Crippen LogP contribution in [0.3, 0.4) is 0 Å². The van der Waals surface area contributed by atoms with E-state index in [0.717, 1.165) is 16.3 Å². The molecule has 5 nitrogen and oxygen atoms in total. The number of aromatic amines is 1. The Balaban J connectivity index is 1.44. The van der Waals surface area contributed by atoms with Crippen molar-refractivity contribution in [1.82, 2.24) is 15.8 Å². The quantitative estimate of drug-likeness (QED) is 0.739. The maximum atomic E-state index is 11.9. The van der Waals surface area contributed by atoms with Gasteiger partial charge >= 0.3 is 0 Å². The van der Waals surface area contributed by atoms with Gasteiger partial charge in [-0.3, -0.25) is 20.4 Å². The van der Waals surface area contributed by atoms with Gasteiger partial charge in [-0.1, -0.05) is 6.42 Å². The van der Waals surface area contributed by atoms with E-state index in [-0.39, 0.29) is 11.8 Å². The van der Waals surface area contributed by atoms with E-state index in [1.807, 2.05) is 0 Å². The van der Waals surface area contributed by atoms with Gasteiger partial charge in [-0.2, -0.15) is 0 Å². The lowest BCUT2D eigenvalue weighted by Gasteiger charge is -2.20. The number of aromatic nitrogens is 1. The number of H-pyrrole nitrogens is 1. The van der Waals surface area contributed by atoms with Gasteiger partial charge in [-0.05, 0) is 59.0 Å². The molecule has 0 radical (unpaired) electrons. The third kappa shape index (κ3) is 2.90. The Morgan fingerprint density at radius 1 is 1.30 bits per heavy atom. The molecule has 0 spiro atoms. The first kappa shape index (κ1) is 13.7. The molecule has 2 bridgehead atoms. The van der Waals surface area contributed by atoms with Crippen LogP contribution in [-0.2, 0) is 4.79 Å². The Morgan fingerprint density at radius 2 is 2.15 bits per heavy atom. The second kappa shape index (κ2) is 5.60. The Hall–Kier alpha value is -1.30. The molecule has 2 amide bonds. The van der Waals surface area contributed by atoms with Crippen molar-refractivity contribution in [3.05, 3.63) is 22.4 Å². The van der Waals surface area contributed by atoms with Crippen molar-refractivity contribution in [3.8, 4) is 0 Å². The van der Waals surface area contributed by atoms with E-state index in [1.165, 1.54) is 25.7 Å². The number of fused-ring (bicyclic) bond motifs is 2. The third-order valence-electron chi connectivity index (χ3n) is 4.54. The SMILES string of the molecule is O=C(CC1CC2CCC1C2)NNC(=O)c1cc(Br)c[nH]1. The van der Waals surface area contributed by atoms with E-state index in [2.05, 4.69) is 31.8 Å². The molecule has 3 N–H and O–H groups in total. The van der Waals surface area contributed by atoms with E-state index in [9.17, 15) is 9.59 Å². The summed E-state index contributed by atoms with van der Waals surface area (Å²) in [4.78, 5) is 26.4. The van der Waals surface area contributed by atoms with Crippen LogP contribution in [0.25, 0.3) is 0 Å². The number of carbonyl (C=O) groups excluding carboxylic acids is 2. The number of amides is 2. The number of nitrogens with one attached hydrogen (secondary N) is 3. The van der Waals surface area contributed by atoms with Crippen molar-refractivity contribution in [2.45, 2.75) is 32.1 Å². The molecular weight excluding hydrogens is 322 g/mol. The number of halogens is 1. The Labute approximate surface area is 126 Å². The first-order chi connectivity index (χ1) is 9.61. The zero-order valence-corrected chi connectivity index (χ0v) is 12.7. The fraction of sp³-hybridized carbons (Fsp3) is 0.571. The van der Waals surface area contributed by atoms with Gasteiger partial charge in [0.25, 0.3) is 5.91 Å². The Kier molecular flexibility index (Phi) is 3.83. The van der Waals surface area contributed by atoms with Crippen LogP contribution in [-0.4, -0.2) is 16.8 Å². The average molecular weight is 340 g/mol. The molecule has 6 heteroatoms. The molecule has 2 fully saturated rings. The van der Waals surface area contributed by atoms with Crippen LogP contribution in [0.15, 0.2) is 16.7 Å². The molecule has 1 aromatic rings. The van der Waals surface area contributed by atoms with Gasteiger partial charge in [0.1, 0.15) is 5.69 Å². The molecule has 3 unspecified atom stereocenters. The molecule has 3 atom stereocenters. The van der Waals surface area contributed by atoms with Gasteiger partial charge < -0.3 is 4.98 Å². The molecule has 2 saturated carbocycles. The molecule has 20 heavy (non-hydrogen) atoms. The van der Waals surface area contributed by atoms with E-state index in [0.29, 0.717) is 18.0 Å². The maximum Gasteiger partial charge on any atom is 0.286 e. The topological polar surface area (TPSA) is 74.0 Å². The monoisotopic (exact) mass is 339 g/mol. The van der Waals surface area contributed by atoms with Gasteiger partial charge in [0.15, 0.2) is 0 Å². The summed E-state index contributed by atoms with van der Waals surface area (Å²) in [7, 11) is 0. The van der Waals surface area contributed by atoms with Crippen molar-refractivity contribution >= 4 is 27.7 Å². The second-order valence-electron chi connectivity index (χ2n) is 5.87. The van der Waals surface area contributed by atoms with Crippen molar-refractivity contribution in [2.24, 2.45) is 17.8 Å². The minimum atomic E-state index is -0.336. The standard InChI is InChI=1S/C14H18BrN3O2/c15-11-6-12(16-7-11)14(20)18-17-13(19)5-10-4-8-1-2-9(10)3-8/h6-10,16H,1-5H2,(H,17,19)(H,18,20). The zero-order valence-electron chi connectivity index (χ0n) is 11.1. The summed E-state index contributed by atoms with van der Waals surface area (Å²) in [6, 6.07) is 1.66. The van der Waals surface area contributed by atoms with Gasteiger partial charge in [0, 0.05) is 17.1 Å². The van der Waals surface area contributed by atoms with Crippen LogP contribution in [0.1, 0.15) is 42.6 Å². The minimum absolute atomic E-state index is 0.0958. The molecular formula is C14H18BrN3O2. The lowest BCUT2D eigenvalue weighted by atomic mass is 9.86. The highest BCUT2D eigenvalue weighted by atomic mass is 79.9. The molecule has 3 rings (SSSR count). The predicted octanol–water partition coefficient (Wildman–Crippen LogP) is 2.36. The molecule has 0 aromatic carbocycles. The number of rotatable bonds is 3. The summed E-state index contributed by atoms with van der Waals surface area (Å²) < 4.78 is 0.802. The molecule has 2 aliphatic carbocycles. The lowest BCUT2D eigenvalue weighted by Crippen LogP contribution is -2.42. The second-order valence-corrected chi connectivity index (χ2v) is 6.79. The largest absolute Gasteiger partial charge is 0.356 e. The molecule has 0 saturated heterocycles. The molecule has 1 heterocycles. The van der Waals surface area contributed by atoms with Gasteiger partial charge in [-0.15, -0.1) is 0 Å². The molecule has 0 aliphatic heterocycles. The molecule has 1 aromatic heterocycles. The summed E-state index contributed by atoms with van der Waals surface area (Å²) in [6.07, 6.45) is 7.27. The summed E-state index contributed by atoms with van der Waals surface area (Å²) >= 11 is 3.26. The Bertz CT molecular complexity index is 528. The number of hydrogen-bond donors (Lipinski definition) is 3.